The van der Waals surface area contributed by atoms with Crippen LogP contribution in [0.4, 0.5) is 5.69 Å². The average molecular weight is 524 g/mol. The van der Waals surface area contributed by atoms with Crippen LogP contribution in [0.5, 0.6) is 0 Å². The van der Waals surface area contributed by atoms with Gasteiger partial charge in [0, 0.05) is 32.1 Å². The number of piperidine rings is 1. The van der Waals surface area contributed by atoms with Crippen molar-refractivity contribution in [2.45, 2.75) is 45.7 Å². The Kier molecular flexibility index (Phi) is 9.80. The van der Waals surface area contributed by atoms with Gasteiger partial charge in [0.05, 0.1) is 30.6 Å². The first-order valence-electron chi connectivity index (χ1n) is 12.3. The molecule has 1 aliphatic rings. The number of likely N-dealkylation sites (tertiary alicyclic amines) is 1. The zero-order valence-corrected chi connectivity index (χ0v) is 22.5. The number of nitrogens with one attached hydrogen (secondary N) is 1. The minimum absolute atomic E-state index is 0.192. The normalized spacial score (nSPS) is 14.3. The van der Waals surface area contributed by atoms with Gasteiger partial charge in [0.1, 0.15) is 16.6 Å². The molecule has 1 aromatic carbocycles. The second-order valence-electron chi connectivity index (χ2n) is 9.32. The van der Waals surface area contributed by atoms with E-state index < -0.39 is 17.9 Å². The van der Waals surface area contributed by atoms with Crippen molar-refractivity contribution in [3.63, 3.8) is 0 Å². The van der Waals surface area contributed by atoms with Gasteiger partial charge in [-0.25, -0.2) is 9.79 Å². The summed E-state index contributed by atoms with van der Waals surface area (Å²) in [4.78, 5) is 47.5. The van der Waals surface area contributed by atoms with Gasteiger partial charge >= 0.3 is 5.97 Å². The highest BCUT2D eigenvalue weighted by Crippen LogP contribution is 2.33. The molecule has 2 heterocycles. The average Bonchev–Trinajstić information content (AvgIpc) is 3.34. The number of rotatable bonds is 9. The summed E-state index contributed by atoms with van der Waals surface area (Å²) in [6.45, 7) is 5.58. The van der Waals surface area contributed by atoms with Gasteiger partial charge in [-0.3, -0.25) is 9.59 Å². The molecule has 1 aromatic heterocycles. The van der Waals surface area contributed by atoms with Crippen molar-refractivity contribution >= 4 is 41.1 Å². The fraction of sp³-hybridized carbons (Fsp3) is 0.444. The molecule has 1 saturated heterocycles. The molecule has 2 aromatic rings. The molecule has 0 bridgehead atoms. The molecule has 3 rings (SSSR count). The lowest BCUT2D eigenvalue weighted by Gasteiger charge is -2.24. The summed E-state index contributed by atoms with van der Waals surface area (Å²) >= 11 is 1.13. The monoisotopic (exact) mass is 523 g/mol. The second-order valence-corrected chi connectivity index (χ2v) is 10.2. The molecule has 1 unspecified atom stereocenters. The van der Waals surface area contributed by atoms with E-state index in [0.29, 0.717) is 10.4 Å². The van der Waals surface area contributed by atoms with Crippen LogP contribution in [-0.2, 0) is 16.1 Å². The van der Waals surface area contributed by atoms with Crippen LogP contribution in [0, 0.1) is 17.2 Å². The summed E-state index contributed by atoms with van der Waals surface area (Å²) in [5, 5.41) is 13.7. The Morgan fingerprint density at radius 3 is 2.59 bits per heavy atom. The molecule has 0 aliphatic carbocycles. The SMILES string of the molecule is COC(=O)C(NC(=O)c1csc(C(=O)N(C)Cc2ccccc2C#N)c1/N=C/N1CCCCC1)C(C)C. The Hall–Kier alpha value is -3.71. The number of nitriles is 1. The number of carbonyl (C=O) groups excluding carboxylic acids is 3. The van der Waals surface area contributed by atoms with Gasteiger partial charge in [-0.05, 0) is 36.8 Å². The number of amides is 2. The van der Waals surface area contributed by atoms with Gasteiger partial charge in [-0.2, -0.15) is 5.26 Å². The fourth-order valence-electron chi connectivity index (χ4n) is 4.08. The maximum Gasteiger partial charge on any atom is 0.328 e. The number of benzene rings is 1. The number of nitrogens with zero attached hydrogens (tertiary/aromatic N) is 4. The predicted molar refractivity (Wildman–Crippen MR) is 143 cm³/mol. The zero-order valence-electron chi connectivity index (χ0n) is 21.7. The van der Waals surface area contributed by atoms with Crippen LogP contribution in [0.1, 0.15) is 64.3 Å². The van der Waals surface area contributed by atoms with Crippen molar-refractivity contribution in [1.29, 1.82) is 5.26 Å². The van der Waals surface area contributed by atoms with Gasteiger partial charge in [-0.1, -0.05) is 32.0 Å². The summed E-state index contributed by atoms with van der Waals surface area (Å²) in [7, 11) is 2.93. The van der Waals surface area contributed by atoms with Crippen molar-refractivity contribution in [3.05, 3.63) is 51.2 Å². The van der Waals surface area contributed by atoms with Crippen LogP contribution < -0.4 is 5.32 Å². The minimum Gasteiger partial charge on any atom is -0.467 e. The third kappa shape index (κ3) is 6.95. The van der Waals surface area contributed by atoms with E-state index in [4.69, 9.17) is 4.74 Å². The van der Waals surface area contributed by atoms with Crippen molar-refractivity contribution in [3.8, 4) is 6.07 Å². The number of thiophene rings is 1. The smallest absolute Gasteiger partial charge is 0.328 e. The molecule has 1 aliphatic heterocycles. The molecule has 1 N–H and O–H groups in total. The Morgan fingerprint density at radius 1 is 1.24 bits per heavy atom. The molecule has 1 fully saturated rings. The van der Waals surface area contributed by atoms with Crippen molar-refractivity contribution in [2.75, 3.05) is 27.2 Å². The minimum atomic E-state index is -0.833. The molecule has 10 heteroatoms. The highest BCUT2D eigenvalue weighted by Gasteiger charge is 2.29. The van der Waals surface area contributed by atoms with Crippen molar-refractivity contribution in [1.82, 2.24) is 15.1 Å². The molecule has 9 nitrogen and oxygen atoms in total. The lowest BCUT2D eigenvalue weighted by molar-refractivity contribution is -0.144. The van der Waals surface area contributed by atoms with Crippen LogP contribution in [0.3, 0.4) is 0 Å². The number of hydrogen-bond acceptors (Lipinski definition) is 7. The molecular formula is C27H33N5O4S. The number of ether oxygens (including phenoxy) is 1. The van der Waals surface area contributed by atoms with Gasteiger partial charge < -0.3 is 19.9 Å². The highest BCUT2D eigenvalue weighted by molar-refractivity contribution is 7.13. The van der Waals surface area contributed by atoms with Gasteiger partial charge in [-0.15, -0.1) is 11.3 Å². The van der Waals surface area contributed by atoms with Crippen LogP contribution >= 0.6 is 11.3 Å². The Bertz CT molecular complexity index is 1190. The Labute approximate surface area is 221 Å². The van der Waals surface area contributed by atoms with Gasteiger partial charge in [0.15, 0.2) is 0 Å². The van der Waals surface area contributed by atoms with E-state index >= 15 is 0 Å². The van der Waals surface area contributed by atoms with E-state index in [1.165, 1.54) is 18.4 Å². The summed E-state index contributed by atoms with van der Waals surface area (Å²) in [6.07, 6.45) is 4.98. The highest BCUT2D eigenvalue weighted by atomic mass is 32.1. The van der Waals surface area contributed by atoms with E-state index in [9.17, 15) is 19.6 Å². The summed E-state index contributed by atoms with van der Waals surface area (Å²) in [6, 6.07) is 8.44. The topological polar surface area (TPSA) is 115 Å². The van der Waals surface area contributed by atoms with E-state index in [2.05, 4.69) is 21.3 Å². The first-order chi connectivity index (χ1) is 17.8. The Balaban J connectivity index is 1.92. The lowest BCUT2D eigenvalue weighted by atomic mass is 10.0. The second kappa shape index (κ2) is 13.0. The van der Waals surface area contributed by atoms with Crippen LogP contribution in [0.2, 0.25) is 0 Å². The number of aliphatic imine (C=N–C) groups is 1. The molecule has 1 atom stereocenters. The standard InChI is InChI=1S/C27H33N5O4S/c1-18(2)22(27(35)36-4)30-25(33)21-16-37-24(23(21)29-17-32-12-8-5-9-13-32)26(34)31(3)15-20-11-7-6-10-19(20)14-28/h6-7,10-11,16-18,22H,5,8-9,12-13,15H2,1-4H3,(H,30,33)/b29-17+. The number of carbonyl (C=O) groups is 3. The molecule has 196 valence electrons. The van der Waals surface area contributed by atoms with E-state index in [1.807, 2.05) is 26.0 Å². The summed E-state index contributed by atoms with van der Waals surface area (Å²) < 4.78 is 4.85. The zero-order chi connectivity index (χ0) is 26.9. The maximum absolute atomic E-state index is 13.5. The first kappa shape index (κ1) is 27.9. The number of esters is 1. The lowest BCUT2D eigenvalue weighted by Crippen LogP contribution is -2.45. The number of hydrogen-bond donors (Lipinski definition) is 1. The molecule has 2 amide bonds. The number of methoxy groups -OCH3 is 1. The van der Waals surface area contributed by atoms with Crippen LogP contribution in [-0.4, -0.2) is 67.2 Å². The van der Waals surface area contributed by atoms with Crippen LogP contribution in [0.25, 0.3) is 0 Å². The molecule has 0 spiro atoms. The fourth-order valence-corrected chi connectivity index (χ4v) is 5.06. The Morgan fingerprint density at radius 2 is 1.95 bits per heavy atom. The van der Waals surface area contributed by atoms with Crippen molar-refractivity contribution in [2.24, 2.45) is 10.9 Å². The van der Waals surface area contributed by atoms with E-state index in [0.717, 1.165) is 42.8 Å². The van der Waals surface area contributed by atoms with Gasteiger partial charge in [0.25, 0.3) is 11.8 Å². The summed E-state index contributed by atoms with van der Waals surface area (Å²) in [5.41, 5.74) is 1.72. The molecular weight excluding hydrogens is 490 g/mol. The third-order valence-corrected chi connectivity index (χ3v) is 7.20. The molecule has 0 saturated carbocycles. The molecule has 37 heavy (non-hydrogen) atoms. The van der Waals surface area contributed by atoms with Crippen LogP contribution in [0.15, 0.2) is 34.6 Å². The quantitative estimate of drug-likeness (QED) is 0.302. The van der Waals surface area contributed by atoms with Crippen molar-refractivity contribution < 1.29 is 19.1 Å². The third-order valence-electron chi connectivity index (χ3n) is 6.24. The first-order valence-corrected chi connectivity index (χ1v) is 13.2. The molecule has 0 radical (unpaired) electrons. The summed E-state index contributed by atoms with van der Waals surface area (Å²) in [5.74, 6) is -1.54. The predicted octanol–water partition coefficient (Wildman–Crippen LogP) is 3.97. The largest absolute Gasteiger partial charge is 0.467 e. The van der Waals surface area contributed by atoms with E-state index in [-0.39, 0.29) is 29.6 Å². The maximum atomic E-state index is 13.5. The van der Waals surface area contributed by atoms with E-state index in [1.54, 1.807) is 30.9 Å². The van der Waals surface area contributed by atoms with Gasteiger partial charge in [0.2, 0.25) is 0 Å².